The number of hydrogen-bond acceptors (Lipinski definition) is 2. The minimum absolute atomic E-state index is 0.395. The van der Waals surface area contributed by atoms with Gasteiger partial charge < -0.3 is 4.80 Å². The third-order valence-corrected chi connectivity index (χ3v) is 9.17. The summed E-state index contributed by atoms with van der Waals surface area (Å²) in [6.07, 6.45) is 0. The molecule has 0 aliphatic heterocycles. The molecule has 0 unspecified atom stereocenters. The van der Waals surface area contributed by atoms with Crippen molar-refractivity contribution in [3.63, 3.8) is 0 Å². The zero-order valence-corrected chi connectivity index (χ0v) is 10.6. The van der Waals surface area contributed by atoms with E-state index < -0.39 is 8.32 Å². The van der Waals surface area contributed by atoms with Crippen LogP contribution in [0.4, 0.5) is 0 Å². The molecule has 1 heterocycles. The van der Waals surface area contributed by atoms with E-state index in [1.165, 1.54) is 4.50 Å². The normalized spacial score (nSPS) is 12.8. The first-order valence-electron chi connectivity index (χ1n) is 4.76. The highest BCUT2D eigenvalue weighted by Crippen LogP contribution is 2.30. The van der Waals surface area contributed by atoms with Gasteiger partial charge in [-0.05, 0) is 22.5 Å². The summed E-state index contributed by atoms with van der Waals surface area (Å²) in [4.78, 5) is 10.7. The van der Waals surface area contributed by atoms with Gasteiger partial charge in [0.25, 0.3) is 0 Å². The number of hydrogen-bond donors (Lipinski definition) is 1. The molecule has 3 heteroatoms. The molecule has 1 N–H and O–H groups in total. The van der Waals surface area contributed by atoms with Crippen molar-refractivity contribution in [3.05, 3.63) is 17.5 Å². The Morgan fingerprint density at radius 2 is 1.77 bits per heavy atom. The molecule has 0 saturated carbocycles. The lowest BCUT2D eigenvalue weighted by Gasteiger charge is -2.31. The van der Waals surface area contributed by atoms with Crippen molar-refractivity contribution in [3.8, 4) is 0 Å². The molecule has 1 rings (SSSR count). The van der Waals surface area contributed by atoms with Crippen molar-refractivity contribution in [1.29, 1.82) is 0 Å². The Bertz CT molecular complexity index is 246. The maximum Gasteiger partial charge on any atom is 0.235 e. The zero-order chi connectivity index (χ0) is 10.1. The molecule has 13 heavy (non-hydrogen) atoms. The molecule has 0 aliphatic carbocycles. The maximum atomic E-state index is 10.7. The van der Waals surface area contributed by atoms with E-state index in [0.29, 0.717) is 11.1 Å². The average molecular weight is 214 g/mol. The van der Waals surface area contributed by atoms with E-state index in [9.17, 15) is 4.80 Å². The molecule has 0 radical (unpaired) electrons. The molecule has 74 valence electrons. The molecule has 0 saturated heterocycles. The fourth-order valence-corrected chi connectivity index (χ4v) is 7.41. The summed E-state index contributed by atoms with van der Waals surface area (Å²) < 4.78 is 1.22. The quantitative estimate of drug-likeness (QED) is 0.767. The van der Waals surface area contributed by atoms with E-state index in [1.807, 2.05) is 6.07 Å². The molecular weight excluding hydrogens is 196 g/mol. The van der Waals surface area contributed by atoms with Crippen molar-refractivity contribution in [2.45, 2.75) is 38.8 Å². The van der Waals surface area contributed by atoms with Crippen LogP contribution in [0.25, 0.3) is 0 Å². The van der Waals surface area contributed by atoms with E-state index in [4.69, 9.17) is 0 Å². The van der Waals surface area contributed by atoms with E-state index in [0.717, 1.165) is 0 Å². The largest absolute Gasteiger partial charge is 0.426 e. The second-order valence-electron chi connectivity index (χ2n) is 4.11. The Balaban J connectivity index is 3.06. The molecule has 0 spiro atoms. The lowest BCUT2D eigenvalue weighted by Crippen LogP contribution is -2.52. The zero-order valence-electron chi connectivity index (χ0n) is 8.74. The Labute approximate surface area is 85.6 Å². The van der Waals surface area contributed by atoms with Crippen LogP contribution in [0.2, 0.25) is 11.1 Å². The molecule has 0 fully saturated rings. The summed E-state index contributed by atoms with van der Waals surface area (Å²) in [6.45, 7) is 8.52. The highest BCUT2D eigenvalue weighted by Gasteiger charge is 2.41. The second-order valence-corrected chi connectivity index (χ2v) is 9.92. The fraction of sp³-hybridized carbons (Fsp3) is 0.600. The predicted molar refractivity (Wildman–Crippen MR) is 62.1 cm³/mol. The molecule has 0 aromatic carbocycles. The summed E-state index contributed by atoms with van der Waals surface area (Å²) in [5.41, 5.74) is 0.789. The Hall–Kier alpha value is -0.123. The molecule has 1 aromatic heterocycles. The van der Waals surface area contributed by atoms with Gasteiger partial charge in [-0.25, -0.2) is 0 Å². The van der Waals surface area contributed by atoms with Crippen LogP contribution in [-0.2, 0) is 0 Å². The summed E-state index contributed by atoms with van der Waals surface area (Å²) >= 11 is 1.70. The topological polar surface area (TPSA) is 20.2 Å². The molecule has 0 bridgehead atoms. The SMILES string of the molecule is CC(C)[Si](O)(c1cccs1)C(C)C. The van der Waals surface area contributed by atoms with Crippen LogP contribution in [0.15, 0.2) is 17.5 Å². The summed E-state index contributed by atoms with van der Waals surface area (Å²) in [6, 6.07) is 4.11. The molecule has 1 aromatic rings. The van der Waals surface area contributed by atoms with Gasteiger partial charge in [0.1, 0.15) is 0 Å². The maximum absolute atomic E-state index is 10.7. The highest BCUT2D eigenvalue weighted by atomic mass is 32.1. The number of thiophene rings is 1. The van der Waals surface area contributed by atoms with Gasteiger partial charge in [0.15, 0.2) is 0 Å². The lowest BCUT2D eigenvalue weighted by atomic mass is 10.5. The first kappa shape index (κ1) is 11.0. The second kappa shape index (κ2) is 3.94. The highest BCUT2D eigenvalue weighted by molar-refractivity contribution is 7.24. The summed E-state index contributed by atoms with van der Waals surface area (Å²) in [5, 5.41) is 2.05. The first-order chi connectivity index (χ1) is 5.99. The summed E-state index contributed by atoms with van der Waals surface area (Å²) in [5.74, 6) is 0. The van der Waals surface area contributed by atoms with Crippen molar-refractivity contribution >= 4 is 24.2 Å². The van der Waals surface area contributed by atoms with Gasteiger partial charge in [0, 0.05) is 4.50 Å². The predicted octanol–water partition coefficient (Wildman–Crippen LogP) is 2.71. The van der Waals surface area contributed by atoms with Crippen LogP contribution >= 0.6 is 11.3 Å². The van der Waals surface area contributed by atoms with Crippen molar-refractivity contribution in [1.82, 2.24) is 0 Å². The minimum Gasteiger partial charge on any atom is -0.426 e. The van der Waals surface area contributed by atoms with Crippen LogP contribution in [0.1, 0.15) is 27.7 Å². The molecule has 0 atom stereocenters. The first-order valence-corrected chi connectivity index (χ1v) is 7.74. The monoisotopic (exact) mass is 214 g/mol. The smallest absolute Gasteiger partial charge is 0.235 e. The van der Waals surface area contributed by atoms with E-state index in [2.05, 4.69) is 39.1 Å². The minimum atomic E-state index is -2.21. The third kappa shape index (κ3) is 1.87. The van der Waals surface area contributed by atoms with Crippen LogP contribution in [0.5, 0.6) is 0 Å². The molecule has 0 aliphatic rings. The van der Waals surface area contributed by atoms with Gasteiger partial charge in [-0.3, -0.25) is 0 Å². The van der Waals surface area contributed by atoms with Gasteiger partial charge >= 0.3 is 0 Å². The van der Waals surface area contributed by atoms with Gasteiger partial charge in [0.05, 0.1) is 0 Å². The van der Waals surface area contributed by atoms with Crippen LogP contribution in [-0.4, -0.2) is 13.1 Å². The van der Waals surface area contributed by atoms with Gasteiger partial charge in [-0.2, -0.15) is 11.3 Å². The van der Waals surface area contributed by atoms with Crippen LogP contribution < -0.4 is 4.50 Å². The van der Waals surface area contributed by atoms with Crippen molar-refractivity contribution in [2.75, 3.05) is 0 Å². The Morgan fingerprint density at radius 3 is 2.08 bits per heavy atom. The van der Waals surface area contributed by atoms with Crippen LogP contribution in [0.3, 0.4) is 0 Å². The van der Waals surface area contributed by atoms with Gasteiger partial charge in [-0.15, -0.1) is 0 Å². The average Bonchev–Trinajstić information content (AvgIpc) is 2.54. The Morgan fingerprint density at radius 1 is 1.23 bits per heavy atom. The molecular formula is C10H18OSSi. The lowest BCUT2D eigenvalue weighted by molar-refractivity contribution is 0.514. The molecule has 0 amide bonds. The number of rotatable bonds is 3. The Kier molecular flexibility index (Phi) is 3.32. The van der Waals surface area contributed by atoms with E-state index in [-0.39, 0.29) is 0 Å². The van der Waals surface area contributed by atoms with E-state index >= 15 is 0 Å². The van der Waals surface area contributed by atoms with Crippen LogP contribution in [0, 0.1) is 0 Å². The third-order valence-electron chi connectivity index (χ3n) is 2.68. The van der Waals surface area contributed by atoms with Crippen molar-refractivity contribution in [2.24, 2.45) is 0 Å². The van der Waals surface area contributed by atoms with Crippen molar-refractivity contribution < 1.29 is 4.80 Å². The van der Waals surface area contributed by atoms with Gasteiger partial charge in [0.2, 0.25) is 8.32 Å². The van der Waals surface area contributed by atoms with Gasteiger partial charge in [-0.1, -0.05) is 33.8 Å². The molecule has 1 nitrogen and oxygen atoms in total. The summed E-state index contributed by atoms with van der Waals surface area (Å²) in [7, 11) is -2.21. The standard InChI is InChI=1S/C10H18OSSi/c1-8(2)13(11,9(3)4)10-6-5-7-12-10/h5-9,11H,1-4H3. The van der Waals surface area contributed by atoms with E-state index in [1.54, 1.807) is 11.3 Å². The fourth-order valence-electron chi connectivity index (χ4n) is 1.74.